The molecule has 2 aliphatic rings. The zero-order chi connectivity index (χ0) is 25.1. The van der Waals surface area contributed by atoms with E-state index < -0.39 is 0 Å². The Kier molecular flexibility index (Phi) is 6.95. The number of anilines is 2. The third kappa shape index (κ3) is 5.23. The van der Waals surface area contributed by atoms with E-state index in [9.17, 15) is 9.59 Å². The minimum absolute atomic E-state index is 0.0357. The Morgan fingerprint density at radius 1 is 1.14 bits per heavy atom. The van der Waals surface area contributed by atoms with Crippen LogP contribution < -0.4 is 11.1 Å². The second kappa shape index (κ2) is 10.5. The number of nitrogens with zero attached hydrogens (tertiary/aromatic N) is 3. The van der Waals surface area contributed by atoms with Crippen molar-refractivity contribution in [1.29, 1.82) is 0 Å². The van der Waals surface area contributed by atoms with E-state index in [0.29, 0.717) is 37.8 Å². The number of rotatable bonds is 4. The normalized spacial score (nSPS) is 18.2. The predicted octanol–water partition coefficient (Wildman–Crippen LogP) is 4.10. The van der Waals surface area contributed by atoms with Gasteiger partial charge >= 0.3 is 0 Å². The lowest BCUT2D eigenvalue weighted by molar-refractivity contribution is -0.140. The highest BCUT2D eigenvalue weighted by Crippen LogP contribution is 2.32. The summed E-state index contributed by atoms with van der Waals surface area (Å²) in [6, 6.07) is 7.78. The van der Waals surface area contributed by atoms with Gasteiger partial charge in [-0.15, -0.1) is 0 Å². The molecule has 8 heteroatoms. The van der Waals surface area contributed by atoms with Crippen molar-refractivity contribution in [3.05, 3.63) is 60.1 Å². The van der Waals surface area contributed by atoms with Gasteiger partial charge in [-0.1, -0.05) is 5.57 Å². The van der Waals surface area contributed by atoms with Crippen LogP contribution in [0.1, 0.15) is 31.2 Å². The van der Waals surface area contributed by atoms with E-state index in [0.717, 1.165) is 58.7 Å². The number of benzene rings is 1. The quantitative estimate of drug-likeness (QED) is 0.425. The summed E-state index contributed by atoms with van der Waals surface area (Å²) in [6.45, 7) is 4.62. The largest absolute Gasteiger partial charge is 0.398 e. The van der Waals surface area contributed by atoms with E-state index >= 15 is 0 Å². The summed E-state index contributed by atoms with van der Waals surface area (Å²) in [6.07, 6.45) is 10.0. The van der Waals surface area contributed by atoms with E-state index in [2.05, 4.69) is 15.3 Å². The maximum absolute atomic E-state index is 12.7. The van der Waals surface area contributed by atoms with Crippen LogP contribution in [-0.2, 0) is 14.3 Å². The van der Waals surface area contributed by atoms with Gasteiger partial charge in [-0.25, -0.2) is 4.98 Å². The van der Waals surface area contributed by atoms with Crippen molar-refractivity contribution in [2.75, 3.05) is 37.4 Å². The van der Waals surface area contributed by atoms with Crippen LogP contribution in [0.25, 0.3) is 21.9 Å². The first kappa shape index (κ1) is 23.9. The third-order valence-electron chi connectivity index (χ3n) is 7.11. The average molecular weight is 486 g/mol. The molecular weight excluding hydrogens is 454 g/mol. The van der Waals surface area contributed by atoms with Gasteiger partial charge < -0.3 is 20.7 Å². The monoisotopic (exact) mass is 485 g/mol. The van der Waals surface area contributed by atoms with E-state index in [4.69, 9.17) is 10.5 Å². The van der Waals surface area contributed by atoms with E-state index in [1.165, 1.54) is 0 Å². The number of nitrogens with two attached hydrogens (primary N) is 1. The zero-order valence-electron chi connectivity index (χ0n) is 20.5. The molecule has 2 amide bonds. The van der Waals surface area contributed by atoms with Crippen LogP contribution in [0.15, 0.2) is 54.5 Å². The molecular formula is C28H31N5O3. The van der Waals surface area contributed by atoms with Gasteiger partial charge in [-0.2, -0.15) is 0 Å². The maximum atomic E-state index is 12.7. The number of pyridine rings is 2. The number of hydrogen-bond donors (Lipinski definition) is 2. The molecule has 1 aromatic carbocycles. The van der Waals surface area contributed by atoms with Crippen LogP contribution in [0, 0.1) is 12.8 Å². The van der Waals surface area contributed by atoms with Crippen LogP contribution in [0.5, 0.6) is 0 Å². The first-order valence-electron chi connectivity index (χ1n) is 12.4. The number of nitrogens with one attached hydrogen (secondary N) is 1. The van der Waals surface area contributed by atoms with Gasteiger partial charge in [-0.05, 0) is 73.4 Å². The van der Waals surface area contributed by atoms with Gasteiger partial charge in [-0.3, -0.25) is 14.6 Å². The van der Waals surface area contributed by atoms with Crippen LogP contribution in [0.4, 0.5) is 11.5 Å². The fraction of sp³-hybridized carbons (Fsp3) is 0.357. The first-order chi connectivity index (χ1) is 17.5. The zero-order valence-corrected chi connectivity index (χ0v) is 20.5. The molecule has 0 atom stereocenters. The Hall–Kier alpha value is -3.78. The molecule has 3 aromatic rings. The average Bonchev–Trinajstić information content (AvgIpc) is 2.89. The van der Waals surface area contributed by atoms with Crippen LogP contribution >= 0.6 is 0 Å². The molecule has 36 heavy (non-hydrogen) atoms. The van der Waals surface area contributed by atoms with Crippen LogP contribution in [-0.4, -0.2) is 53.0 Å². The molecule has 1 saturated carbocycles. The first-order valence-corrected chi connectivity index (χ1v) is 12.4. The van der Waals surface area contributed by atoms with Crippen molar-refractivity contribution in [2.45, 2.75) is 32.6 Å². The molecule has 1 aliphatic carbocycles. The second-order valence-electron chi connectivity index (χ2n) is 9.55. The lowest BCUT2D eigenvalue weighted by atomic mass is 9.84. The number of fused-ring (bicyclic) bond motifs is 1. The number of hydrogen-bond acceptors (Lipinski definition) is 6. The minimum atomic E-state index is -0.206. The Balaban J connectivity index is 1.25. The summed E-state index contributed by atoms with van der Waals surface area (Å²) in [5, 5.41) is 4.62. The molecule has 1 aliphatic heterocycles. The number of nitrogen functional groups attached to an aromatic ring is 1. The van der Waals surface area contributed by atoms with E-state index in [1.807, 2.05) is 42.3 Å². The second-order valence-corrected chi connectivity index (χ2v) is 9.55. The molecule has 3 heterocycles. The fourth-order valence-electron chi connectivity index (χ4n) is 5.05. The Bertz CT molecular complexity index is 1320. The van der Waals surface area contributed by atoms with Crippen molar-refractivity contribution in [1.82, 2.24) is 14.9 Å². The number of carbonyl (C=O) groups excluding carboxylic acids is 2. The van der Waals surface area contributed by atoms with E-state index in [-0.39, 0.29) is 17.7 Å². The molecule has 0 bridgehead atoms. The summed E-state index contributed by atoms with van der Waals surface area (Å²) in [4.78, 5) is 36.0. The fourth-order valence-corrected chi connectivity index (χ4v) is 5.05. The standard InChI is InChI=1S/C28H31N5O3/c1-18-6-7-30-16-23(18)21-13-22-15-26(31-17-24(22)25(29)14-21)32-27(34)12-19-2-4-20(5-3-19)28(35)33-8-10-36-11-9-33/h6-7,12-17,20H,2-5,8-11,29H2,1H3,(H,31,32,34). The molecule has 0 spiro atoms. The number of amides is 2. The Morgan fingerprint density at radius 2 is 1.92 bits per heavy atom. The number of ether oxygens (including phenoxy) is 1. The topological polar surface area (TPSA) is 110 Å². The summed E-state index contributed by atoms with van der Waals surface area (Å²) >= 11 is 0. The molecule has 1 saturated heterocycles. The number of aromatic nitrogens is 2. The van der Waals surface area contributed by atoms with Gasteiger partial charge in [0.2, 0.25) is 11.8 Å². The van der Waals surface area contributed by atoms with Crippen molar-refractivity contribution >= 4 is 34.1 Å². The minimum Gasteiger partial charge on any atom is -0.398 e. The van der Waals surface area contributed by atoms with Crippen molar-refractivity contribution in [2.24, 2.45) is 5.92 Å². The van der Waals surface area contributed by atoms with Crippen molar-refractivity contribution < 1.29 is 14.3 Å². The van der Waals surface area contributed by atoms with Crippen LogP contribution in [0.2, 0.25) is 0 Å². The Labute approximate surface area is 210 Å². The summed E-state index contributed by atoms with van der Waals surface area (Å²) in [5.74, 6) is 0.526. The smallest absolute Gasteiger partial charge is 0.249 e. The van der Waals surface area contributed by atoms with Gasteiger partial charge in [0.05, 0.1) is 13.2 Å². The molecule has 8 nitrogen and oxygen atoms in total. The Morgan fingerprint density at radius 3 is 2.67 bits per heavy atom. The van der Waals surface area contributed by atoms with E-state index in [1.54, 1.807) is 18.5 Å². The molecule has 0 unspecified atom stereocenters. The summed E-state index contributed by atoms with van der Waals surface area (Å²) < 4.78 is 5.35. The highest BCUT2D eigenvalue weighted by molar-refractivity contribution is 6.02. The molecule has 3 N–H and O–H groups in total. The lowest BCUT2D eigenvalue weighted by Crippen LogP contribution is -2.44. The van der Waals surface area contributed by atoms with Crippen molar-refractivity contribution in [3.63, 3.8) is 0 Å². The SMILES string of the molecule is Cc1ccncc1-c1cc(N)c2cnc(NC(=O)C=C3CCC(C(=O)N4CCOCC4)CC3)cc2c1. The van der Waals surface area contributed by atoms with Gasteiger partial charge in [0.15, 0.2) is 0 Å². The number of carbonyl (C=O) groups is 2. The van der Waals surface area contributed by atoms with Gasteiger partial charge in [0.25, 0.3) is 0 Å². The predicted molar refractivity (Wildman–Crippen MR) is 140 cm³/mol. The third-order valence-corrected chi connectivity index (χ3v) is 7.11. The molecule has 5 rings (SSSR count). The van der Waals surface area contributed by atoms with Gasteiger partial charge in [0.1, 0.15) is 5.82 Å². The lowest BCUT2D eigenvalue weighted by Gasteiger charge is -2.32. The van der Waals surface area contributed by atoms with Crippen molar-refractivity contribution in [3.8, 4) is 11.1 Å². The van der Waals surface area contributed by atoms with Crippen LogP contribution in [0.3, 0.4) is 0 Å². The molecule has 2 fully saturated rings. The highest BCUT2D eigenvalue weighted by Gasteiger charge is 2.28. The highest BCUT2D eigenvalue weighted by atomic mass is 16.5. The number of morpholine rings is 1. The molecule has 0 radical (unpaired) electrons. The number of aryl methyl sites for hydroxylation is 1. The molecule has 186 valence electrons. The van der Waals surface area contributed by atoms with Gasteiger partial charge in [0, 0.05) is 60.3 Å². The summed E-state index contributed by atoms with van der Waals surface area (Å²) in [5.41, 5.74) is 11.1. The number of allylic oxidation sites excluding steroid dienone is 1. The summed E-state index contributed by atoms with van der Waals surface area (Å²) in [7, 11) is 0. The molecule has 2 aromatic heterocycles. The maximum Gasteiger partial charge on any atom is 0.249 e.